The molecular weight excluding hydrogens is 228 g/mol. The smallest absolute Gasteiger partial charge is 0.206 e. The van der Waals surface area contributed by atoms with E-state index in [9.17, 15) is 0 Å². The van der Waals surface area contributed by atoms with Gasteiger partial charge in [-0.25, -0.2) is 0 Å². The van der Waals surface area contributed by atoms with Crippen LogP contribution in [0.5, 0.6) is 0 Å². The van der Waals surface area contributed by atoms with E-state index in [2.05, 4.69) is 34.5 Å². The van der Waals surface area contributed by atoms with Crippen molar-refractivity contribution in [2.45, 2.75) is 23.2 Å². The molecule has 1 aromatic rings. The summed E-state index contributed by atoms with van der Waals surface area (Å²) in [5, 5.41) is 12.6. The van der Waals surface area contributed by atoms with E-state index in [0.717, 1.165) is 21.8 Å². The van der Waals surface area contributed by atoms with Crippen molar-refractivity contribution in [3.63, 3.8) is 0 Å². The van der Waals surface area contributed by atoms with Crippen LogP contribution in [-0.4, -0.2) is 47.5 Å². The van der Waals surface area contributed by atoms with E-state index < -0.39 is 0 Å². The van der Waals surface area contributed by atoms with E-state index in [1.165, 1.54) is 12.8 Å². The molecule has 4 nitrogen and oxygen atoms in total. The number of nitrogens with zero attached hydrogens (tertiary/aromatic N) is 3. The Bertz CT molecular complexity index is 309. The Labute approximate surface area is 98.5 Å². The van der Waals surface area contributed by atoms with Gasteiger partial charge in [-0.3, -0.25) is 0 Å². The zero-order valence-electron chi connectivity index (χ0n) is 9.06. The third-order valence-corrected chi connectivity index (χ3v) is 4.04. The molecule has 0 radical (unpaired) electrons. The maximum absolute atomic E-state index is 4.14. The molecule has 0 saturated heterocycles. The molecule has 1 aliphatic carbocycles. The number of nitrogens with one attached hydrogen (secondary N) is 1. The van der Waals surface area contributed by atoms with Crippen LogP contribution in [0, 0.1) is 0 Å². The fraction of sp³-hybridized carbons (Fsp3) is 0.778. The molecule has 15 heavy (non-hydrogen) atoms. The summed E-state index contributed by atoms with van der Waals surface area (Å²) in [6.45, 7) is 1.08. The van der Waals surface area contributed by atoms with E-state index in [-0.39, 0.29) is 0 Å². The minimum absolute atomic E-state index is 0.664. The van der Waals surface area contributed by atoms with Crippen LogP contribution in [0.1, 0.15) is 12.8 Å². The van der Waals surface area contributed by atoms with Crippen LogP contribution < -0.4 is 5.32 Å². The lowest BCUT2D eigenvalue weighted by molar-refractivity contribution is 0.437. The highest BCUT2D eigenvalue weighted by atomic mass is 32.2. The van der Waals surface area contributed by atoms with Gasteiger partial charge in [0.15, 0.2) is 4.34 Å². The van der Waals surface area contributed by atoms with Crippen LogP contribution in [0.2, 0.25) is 0 Å². The first-order valence-corrected chi connectivity index (χ1v) is 6.92. The summed E-state index contributed by atoms with van der Waals surface area (Å²) in [5.41, 5.74) is 0. The maximum atomic E-state index is 4.14. The fourth-order valence-electron chi connectivity index (χ4n) is 1.04. The van der Waals surface area contributed by atoms with E-state index in [1.807, 2.05) is 0 Å². The fourth-order valence-corrected chi connectivity index (χ4v) is 3.05. The molecule has 6 heteroatoms. The molecule has 0 spiro atoms. The van der Waals surface area contributed by atoms with Gasteiger partial charge in [-0.15, -0.1) is 10.2 Å². The standard InChI is InChI=1S/C9H16N4S2/c1-13(2)5-6-14-9-12-11-8(15-9)10-7-3-4-7/h7H,3-6H2,1-2H3,(H,10,11). The van der Waals surface area contributed by atoms with Crippen molar-refractivity contribution < 1.29 is 0 Å². The molecule has 0 bridgehead atoms. The van der Waals surface area contributed by atoms with Gasteiger partial charge in [-0.1, -0.05) is 23.1 Å². The molecular formula is C9H16N4S2. The van der Waals surface area contributed by atoms with Crippen molar-refractivity contribution in [3.8, 4) is 0 Å². The Kier molecular flexibility index (Phi) is 3.82. The Morgan fingerprint density at radius 3 is 2.93 bits per heavy atom. The zero-order valence-corrected chi connectivity index (χ0v) is 10.7. The van der Waals surface area contributed by atoms with Crippen LogP contribution in [0.4, 0.5) is 5.13 Å². The topological polar surface area (TPSA) is 41.1 Å². The lowest BCUT2D eigenvalue weighted by Crippen LogP contribution is -2.14. The van der Waals surface area contributed by atoms with Crippen molar-refractivity contribution in [2.24, 2.45) is 0 Å². The third-order valence-electron chi connectivity index (χ3n) is 2.08. The van der Waals surface area contributed by atoms with Crippen LogP contribution in [-0.2, 0) is 0 Å². The third kappa shape index (κ3) is 3.96. The van der Waals surface area contributed by atoms with Gasteiger partial charge in [0.2, 0.25) is 5.13 Å². The molecule has 1 aliphatic rings. The SMILES string of the molecule is CN(C)CCSc1nnc(NC2CC2)s1. The molecule has 1 aromatic heterocycles. The summed E-state index contributed by atoms with van der Waals surface area (Å²) in [4.78, 5) is 2.18. The normalized spacial score (nSPS) is 15.9. The van der Waals surface area contributed by atoms with Crippen molar-refractivity contribution >= 4 is 28.2 Å². The van der Waals surface area contributed by atoms with Gasteiger partial charge in [-0.05, 0) is 26.9 Å². The minimum Gasteiger partial charge on any atom is -0.357 e. The second-order valence-electron chi connectivity index (χ2n) is 3.94. The van der Waals surface area contributed by atoms with Gasteiger partial charge in [0, 0.05) is 18.3 Å². The molecule has 0 unspecified atom stereocenters. The largest absolute Gasteiger partial charge is 0.357 e. The summed E-state index contributed by atoms with van der Waals surface area (Å²) >= 11 is 3.44. The molecule has 1 saturated carbocycles. The molecule has 2 rings (SSSR count). The van der Waals surface area contributed by atoms with Crippen LogP contribution in [0.25, 0.3) is 0 Å². The first-order valence-electron chi connectivity index (χ1n) is 5.11. The quantitative estimate of drug-likeness (QED) is 0.772. The summed E-state index contributed by atoms with van der Waals surface area (Å²) in [5.74, 6) is 1.07. The van der Waals surface area contributed by atoms with Gasteiger partial charge in [-0.2, -0.15) is 0 Å². The first kappa shape index (κ1) is 11.2. The van der Waals surface area contributed by atoms with Crippen LogP contribution >= 0.6 is 23.1 Å². The highest BCUT2D eigenvalue weighted by Crippen LogP contribution is 2.29. The van der Waals surface area contributed by atoms with Gasteiger partial charge in [0.05, 0.1) is 0 Å². The first-order chi connectivity index (χ1) is 7.24. The highest BCUT2D eigenvalue weighted by molar-refractivity contribution is 8.01. The Morgan fingerprint density at radius 2 is 2.27 bits per heavy atom. The molecule has 0 aromatic carbocycles. The number of hydrogen-bond acceptors (Lipinski definition) is 6. The summed E-state index contributed by atoms with van der Waals surface area (Å²) < 4.78 is 1.07. The summed E-state index contributed by atoms with van der Waals surface area (Å²) in [7, 11) is 4.17. The number of hydrogen-bond donors (Lipinski definition) is 1. The lowest BCUT2D eigenvalue weighted by atomic mass is 10.7. The molecule has 84 valence electrons. The second kappa shape index (κ2) is 5.14. The van der Waals surface area contributed by atoms with E-state index in [0.29, 0.717) is 6.04 Å². The average Bonchev–Trinajstić information content (AvgIpc) is 2.86. The highest BCUT2D eigenvalue weighted by Gasteiger charge is 2.22. The molecule has 0 aliphatic heterocycles. The molecule has 1 heterocycles. The Balaban J connectivity index is 1.73. The van der Waals surface area contributed by atoms with Crippen molar-refractivity contribution in [3.05, 3.63) is 0 Å². The Hall–Kier alpha value is -0.330. The number of rotatable bonds is 6. The average molecular weight is 244 g/mol. The summed E-state index contributed by atoms with van der Waals surface area (Å²) in [6.07, 6.45) is 2.56. The van der Waals surface area contributed by atoms with E-state index in [4.69, 9.17) is 0 Å². The molecule has 1 fully saturated rings. The maximum Gasteiger partial charge on any atom is 0.206 e. The van der Waals surface area contributed by atoms with Gasteiger partial charge >= 0.3 is 0 Å². The monoisotopic (exact) mass is 244 g/mol. The van der Waals surface area contributed by atoms with Gasteiger partial charge in [0.25, 0.3) is 0 Å². The number of thioether (sulfide) groups is 1. The van der Waals surface area contributed by atoms with Crippen LogP contribution in [0.3, 0.4) is 0 Å². The van der Waals surface area contributed by atoms with E-state index >= 15 is 0 Å². The van der Waals surface area contributed by atoms with Crippen molar-refractivity contribution in [1.29, 1.82) is 0 Å². The zero-order chi connectivity index (χ0) is 10.7. The predicted octanol–water partition coefficient (Wildman–Crippen LogP) is 1.77. The van der Waals surface area contributed by atoms with Crippen molar-refractivity contribution in [1.82, 2.24) is 15.1 Å². The lowest BCUT2D eigenvalue weighted by Gasteiger charge is -2.06. The number of aromatic nitrogens is 2. The van der Waals surface area contributed by atoms with Gasteiger partial charge in [0.1, 0.15) is 0 Å². The summed E-state index contributed by atoms with van der Waals surface area (Å²) in [6, 6.07) is 0.664. The minimum atomic E-state index is 0.664. The second-order valence-corrected chi connectivity index (χ2v) is 6.26. The predicted molar refractivity (Wildman–Crippen MR) is 65.8 cm³/mol. The van der Waals surface area contributed by atoms with E-state index in [1.54, 1.807) is 23.1 Å². The Morgan fingerprint density at radius 1 is 1.47 bits per heavy atom. The van der Waals surface area contributed by atoms with Crippen LogP contribution in [0.15, 0.2) is 4.34 Å². The molecule has 0 amide bonds. The molecule has 0 atom stereocenters. The molecule has 1 N–H and O–H groups in total. The number of anilines is 1. The van der Waals surface area contributed by atoms with Gasteiger partial charge < -0.3 is 10.2 Å². The van der Waals surface area contributed by atoms with Crippen molar-refractivity contribution in [2.75, 3.05) is 31.7 Å².